The highest BCUT2D eigenvalue weighted by Crippen LogP contribution is 2.36. The van der Waals surface area contributed by atoms with Crippen LogP contribution in [0.2, 0.25) is 0 Å². The van der Waals surface area contributed by atoms with Gasteiger partial charge < -0.3 is 0 Å². The Morgan fingerprint density at radius 2 is 1.17 bits per heavy atom. The quantitative estimate of drug-likeness (QED) is 0.471. The lowest BCUT2D eigenvalue weighted by molar-refractivity contribution is 1.60. The van der Waals surface area contributed by atoms with Gasteiger partial charge in [-0.25, -0.2) is 0 Å². The second-order valence-corrected chi connectivity index (χ2v) is 6.42. The molecule has 110 valence electrons. The molecule has 0 saturated carbocycles. The van der Waals surface area contributed by atoms with Crippen molar-refractivity contribution >= 4 is 21.4 Å². The zero-order chi connectivity index (χ0) is 15.6. The van der Waals surface area contributed by atoms with Crippen molar-refractivity contribution in [2.45, 2.75) is 0 Å². The fraction of sp³-hybridized carbons (Fsp3) is 0. The van der Waals surface area contributed by atoms with Gasteiger partial charge in [0.2, 0.25) is 0 Å². The molecule has 0 spiro atoms. The van der Waals surface area contributed by atoms with E-state index in [0.717, 1.165) is 31.7 Å². The van der Waals surface area contributed by atoms with Gasteiger partial charge in [-0.1, -0.05) is 72.8 Å². The molecule has 0 amide bonds. The van der Waals surface area contributed by atoms with Gasteiger partial charge in [-0.15, -0.1) is 11.3 Å². The normalized spacial score (nSPS) is 10.8. The van der Waals surface area contributed by atoms with Crippen molar-refractivity contribution in [2.24, 2.45) is 0 Å². The first-order valence-corrected chi connectivity index (χ1v) is 8.33. The van der Waals surface area contributed by atoms with E-state index in [4.69, 9.17) is 0 Å². The third-order valence-corrected chi connectivity index (χ3v) is 5.12. The molecule has 0 aliphatic heterocycles. The summed E-state index contributed by atoms with van der Waals surface area (Å²) in [5.74, 6) is 0. The molecule has 2 heteroatoms. The highest BCUT2D eigenvalue weighted by atomic mass is 32.1. The van der Waals surface area contributed by atoms with Crippen molar-refractivity contribution in [3.8, 4) is 21.6 Å². The van der Waals surface area contributed by atoms with Crippen molar-refractivity contribution in [2.75, 3.05) is 0 Å². The van der Waals surface area contributed by atoms with E-state index in [2.05, 4.69) is 12.1 Å². The lowest BCUT2D eigenvalue weighted by Crippen LogP contribution is -2.06. The van der Waals surface area contributed by atoms with Crippen molar-refractivity contribution < 1.29 is 0 Å². The second kappa shape index (κ2) is 5.82. The van der Waals surface area contributed by atoms with Crippen molar-refractivity contribution in [1.82, 2.24) is 0 Å². The van der Waals surface area contributed by atoms with Crippen LogP contribution in [0.3, 0.4) is 0 Å². The van der Waals surface area contributed by atoms with Gasteiger partial charge in [-0.2, -0.15) is 0 Å². The standard InChI is InChI=1S/C21H14OS/c22-20-17-13-7-8-14-18(17)23-21(16-11-5-2-6-12-16)19(20)15-9-3-1-4-10-15/h1-14H. The van der Waals surface area contributed by atoms with E-state index in [-0.39, 0.29) is 5.43 Å². The molecular formula is C21H14OS. The summed E-state index contributed by atoms with van der Waals surface area (Å²) in [7, 11) is 0. The van der Waals surface area contributed by atoms with Gasteiger partial charge in [-0.05, 0) is 23.3 Å². The van der Waals surface area contributed by atoms with Crippen LogP contribution in [-0.4, -0.2) is 0 Å². The van der Waals surface area contributed by atoms with Gasteiger partial charge in [-0.3, -0.25) is 4.79 Å². The highest BCUT2D eigenvalue weighted by Gasteiger charge is 2.15. The van der Waals surface area contributed by atoms with Gasteiger partial charge in [0.05, 0.1) is 0 Å². The molecular weight excluding hydrogens is 300 g/mol. The van der Waals surface area contributed by atoms with Gasteiger partial charge >= 0.3 is 0 Å². The Labute approximate surface area is 138 Å². The van der Waals surface area contributed by atoms with Gasteiger partial charge in [0.25, 0.3) is 0 Å². The summed E-state index contributed by atoms with van der Waals surface area (Å²) in [5.41, 5.74) is 2.95. The number of fused-ring (bicyclic) bond motifs is 1. The van der Waals surface area contributed by atoms with Crippen LogP contribution in [0.4, 0.5) is 0 Å². The summed E-state index contributed by atoms with van der Waals surface area (Å²) in [6.45, 7) is 0. The Balaban J connectivity index is 2.14. The summed E-state index contributed by atoms with van der Waals surface area (Å²) in [5, 5.41) is 0.788. The highest BCUT2D eigenvalue weighted by molar-refractivity contribution is 7.22. The minimum Gasteiger partial charge on any atom is -0.288 e. The summed E-state index contributed by atoms with van der Waals surface area (Å²) in [6, 6.07) is 27.9. The smallest absolute Gasteiger partial charge is 0.196 e. The molecule has 23 heavy (non-hydrogen) atoms. The largest absolute Gasteiger partial charge is 0.288 e. The summed E-state index contributed by atoms with van der Waals surface area (Å²) >= 11 is 1.68. The van der Waals surface area contributed by atoms with E-state index in [9.17, 15) is 4.79 Å². The molecule has 4 rings (SSSR count). The van der Waals surface area contributed by atoms with Gasteiger partial charge in [0, 0.05) is 20.5 Å². The van der Waals surface area contributed by atoms with E-state index in [1.165, 1.54) is 0 Å². The second-order valence-electron chi connectivity index (χ2n) is 5.36. The average molecular weight is 314 g/mol. The van der Waals surface area contributed by atoms with Crippen LogP contribution in [0, 0.1) is 0 Å². The minimum absolute atomic E-state index is 0.101. The number of hydrogen-bond acceptors (Lipinski definition) is 2. The molecule has 0 radical (unpaired) electrons. The summed E-state index contributed by atoms with van der Waals surface area (Å²) < 4.78 is 1.02. The Kier molecular flexibility index (Phi) is 3.52. The number of benzene rings is 3. The lowest BCUT2D eigenvalue weighted by atomic mass is 10.0. The van der Waals surface area contributed by atoms with E-state index in [1.807, 2.05) is 72.8 Å². The molecule has 0 bridgehead atoms. The average Bonchev–Trinajstić information content (AvgIpc) is 2.63. The molecule has 0 atom stereocenters. The molecule has 1 aromatic heterocycles. The SMILES string of the molecule is O=c1c(-c2ccccc2)c(-c2ccccc2)sc2ccccc12. The van der Waals surface area contributed by atoms with Crippen molar-refractivity contribution in [3.05, 3.63) is 95.2 Å². The molecule has 1 heterocycles. The lowest BCUT2D eigenvalue weighted by Gasteiger charge is -2.10. The van der Waals surface area contributed by atoms with E-state index in [1.54, 1.807) is 11.3 Å². The molecule has 0 aliphatic carbocycles. The zero-order valence-corrected chi connectivity index (χ0v) is 13.2. The van der Waals surface area contributed by atoms with Crippen LogP contribution in [0.5, 0.6) is 0 Å². The molecule has 0 N–H and O–H groups in total. The third-order valence-electron chi connectivity index (χ3n) is 3.90. The van der Waals surface area contributed by atoms with E-state index in [0.29, 0.717) is 0 Å². The molecule has 0 unspecified atom stereocenters. The molecule has 0 aliphatic rings. The fourth-order valence-corrected chi connectivity index (χ4v) is 4.01. The molecule has 0 fully saturated rings. The first-order chi connectivity index (χ1) is 11.3. The monoisotopic (exact) mass is 314 g/mol. The van der Waals surface area contributed by atoms with Crippen LogP contribution in [0.1, 0.15) is 0 Å². The van der Waals surface area contributed by atoms with Gasteiger partial charge in [0.15, 0.2) is 5.43 Å². The fourth-order valence-electron chi connectivity index (χ4n) is 2.80. The maximum atomic E-state index is 13.1. The van der Waals surface area contributed by atoms with Crippen LogP contribution < -0.4 is 5.43 Å². The summed E-state index contributed by atoms with van der Waals surface area (Å²) in [6.07, 6.45) is 0. The van der Waals surface area contributed by atoms with Crippen LogP contribution in [-0.2, 0) is 0 Å². The molecule has 3 aromatic carbocycles. The molecule has 4 aromatic rings. The Morgan fingerprint density at radius 1 is 0.609 bits per heavy atom. The maximum absolute atomic E-state index is 13.1. The predicted molar refractivity (Wildman–Crippen MR) is 99.0 cm³/mol. The maximum Gasteiger partial charge on any atom is 0.196 e. The zero-order valence-electron chi connectivity index (χ0n) is 12.4. The predicted octanol–water partition coefficient (Wildman–Crippen LogP) is 5.60. The van der Waals surface area contributed by atoms with Crippen LogP contribution in [0.25, 0.3) is 31.7 Å². The molecule has 0 saturated heterocycles. The van der Waals surface area contributed by atoms with Crippen molar-refractivity contribution in [1.29, 1.82) is 0 Å². The van der Waals surface area contributed by atoms with Crippen LogP contribution >= 0.6 is 11.3 Å². The number of rotatable bonds is 2. The topological polar surface area (TPSA) is 17.1 Å². The third kappa shape index (κ3) is 2.47. The van der Waals surface area contributed by atoms with E-state index >= 15 is 0 Å². The number of hydrogen-bond donors (Lipinski definition) is 0. The Bertz CT molecular complexity index is 1020. The minimum atomic E-state index is 0.101. The van der Waals surface area contributed by atoms with Crippen molar-refractivity contribution in [3.63, 3.8) is 0 Å². The Hall–Kier alpha value is -2.71. The first-order valence-electron chi connectivity index (χ1n) is 7.51. The Morgan fingerprint density at radius 3 is 1.87 bits per heavy atom. The first kappa shape index (κ1) is 13.9. The molecule has 1 nitrogen and oxygen atoms in total. The van der Waals surface area contributed by atoms with Gasteiger partial charge in [0.1, 0.15) is 0 Å². The summed E-state index contributed by atoms with van der Waals surface area (Å²) in [4.78, 5) is 14.2. The van der Waals surface area contributed by atoms with Crippen LogP contribution in [0.15, 0.2) is 89.7 Å². The van der Waals surface area contributed by atoms with E-state index < -0.39 is 0 Å².